The standard InChI is InChI=1S/C16H20BrNO2/c1-12(2)16(11-18,9-4-10-17)14-7-5-13(6-8-14)15(19)20-3/h5-8,12H,4,9-10H2,1-3H3. The summed E-state index contributed by atoms with van der Waals surface area (Å²) in [5.41, 5.74) is 0.957. The minimum absolute atomic E-state index is 0.204. The molecular formula is C16H20BrNO2. The van der Waals surface area contributed by atoms with Gasteiger partial charge in [0.25, 0.3) is 0 Å². The zero-order valence-electron chi connectivity index (χ0n) is 12.1. The van der Waals surface area contributed by atoms with E-state index in [1.807, 2.05) is 12.1 Å². The molecule has 0 bridgehead atoms. The lowest BCUT2D eigenvalue weighted by Gasteiger charge is -2.31. The number of nitriles is 1. The van der Waals surface area contributed by atoms with Gasteiger partial charge in [0, 0.05) is 5.33 Å². The highest BCUT2D eigenvalue weighted by atomic mass is 79.9. The van der Waals surface area contributed by atoms with Crippen molar-refractivity contribution in [3.63, 3.8) is 0 Å². The number of halogens is 1. The Labute approximate surface area is 129 Å². The lowest BCUT2D eigenvalue weighted by atomic mass is 9.70. The molecule has 1 aromatic rings. The smallest absolute Gasteiger partial charge is 0.337 e. The first kappa shape index (κ1) is 16.7. The maximum Gasteiger partial charge on any atom is 0.337 e. The number of hydrogen-bond acceptors (Lipinski definition) is 3. The number of carbonyl (C=O) groups excluding carboxylic acids is 1. The topological polar surface area (TPSA) is 50.1 Å². The van der Waals surface area contributed by atoms with Gasteiger partial charge in [-0.3, -0.25) is 0 Å². The van der Waals surface area contributed by atoms with Crippen LogP contribution in [0.1, 0.15) is 42.6 Å². The minimum Gasteiger partial charge on any atom is -0.465 e. The number of esters is 1. The average molecular weight is 338 g/mol. The second-order valence-electron chi connectivity index (χ2n) is 5.10. The number of benzene rings is 1. The molecule has 0 amide bonds. The molecule has 0 aliphatic rings. The molecule has 0 heterocycles. The summed E-state index contributed by atoms with van der Waals surface area (Å²) in [6, 6.07) is 9.67. The molecule has 1 aromatic carbocycles. The highest BCUT2D eigenvalue weighted by molar-refractivity contribution is 9.09. The third-order valence-electron chi connectivity index (χ3n) is 3.71. The van der Waals surface area contributed by atoms with Gasteiger partial charge in [-0.15, -0.1) is 0 Å². The molecule has 3 nitrogen and oxygen atoms in total. The van der Waals surface area contributed by atoms with Crippen LogP contribution in [0.5, 0.6) is 0 Å². The summed E-state index contributed by atoms with van der Waals surface area (Å²) < 4.78 is 4.69. The van der Waals surface area contributed by atoms with Crippen molar-refractivity contribution in [2.45, 2.75) is 32.1 Å². The Morgan fingerprint density at radius 3 is 2.40 bits per heavy atom. The molecule has 20 heavy (non-hydrogen) atoms. The Kier molecular flexibility index (Phi) is 6.22. The first-order valence-corrected chi connectivity index (χ1v) is 7.80. The van der Waals surface area contributed by atoms with E-state index in [1.54, 1.807) is 12.1 Å². The molecule has 1 unspecified atom stereocenters. The molecule has 0 aliphatic heterocycles. The van der Waals surface area contributed by atoms with Crippen molar-refractivity contribution in [3.05, 3.63) is 35.4 Å². The van der Waals surface area contributed by atoms with E-state index in [0.717, 1.165) is 23.7 Å². The van der Waals surface area contributed by atoms with Crippen molar-refractivity contribution in [1.82, 2.24) is 0 Å². The van der Waals surface area contributed by atoms with Crippen LogP contribution in [0.3, 0.4) is 0 Å². The lowest BCUT2D eigenvalue weighted by molar-refractivity contribution is 0.0600. The summed E-state index contributed by atoms with van der Waals surface area (Å²) >= 11 is 3.42. The van der Waals surface area contributed by atoms with Crippen LogP contribution in [0, 0.1) is 17.2 Å². The summed E-state index contributed by atoms with van der Waals surface area (Å²) in [6.07, 6.45) is 1.73. The van der Waals surface area contributed by atoms with Crippen molar-refractivity contribution in [2.24, 2.45) is 5.92 Å². The third kappa shape index (κ3) is 3.40. The molecule has 0 spiro atoms. The molecule has 0 fully saturated rings. The van der Waals surface area contributed by atoms with Crippen LogP contribution in [0.25, 0.3) is 0 Å². The average Bonchev–Trinajstić information content (AvgIpc) is 2.48. The fraction of sp³-hybridized carbons (Fsp3) is 0.500. The van der Waals surface area contributed by atoms with Gasteiger partial charge in [0.05, 0.1) is 24.2 Å². The SMILES string of the molecule is COC(=O)c1ccc(C(C#N)(CCCBr)C(C)C)cc1. The highest BCUT2D eigenvalue weighted by Crippen LogP contribution is 2.36. The van der Waals surface area contributed by atoms with E-state index in [9.17, 15) is 10.1 Å². The quantitative estimate of drug-likeness (QED) is 0.580. The Hall–Kier alpha value is -1.34. The Morgan fingerprint density at radius 1 is 1.40 bits per heavy atom. The summed E-state index contributed by atoms with van der Waals surface area (Å²) in [4.78, 5) is 11.5. The number of carbonyl (C=O) groups is 1. The Bertz CT molecular complexity index is 490. The number of hydrogen-bond donors (Lipinski definition) is 0. The van der Waals surface area contributed by atoms with Crippen LogP contribution in [-0.2, 0) is 10.2 Å². The van der Waals surface area contributed by atoms with Gasteiger partial charge in [-0.1, -0.05) is 41.9 Å². The molecular weight excluding hydrogens is 318 g/mol. The maximum atomic E-state index is 11.5. The number of rotatable bonds is 6. The van der Waals surface area contributed by atoms with Gasteiger partial charge in [-0.25, -0.2) is 4.79 Å². The van der Waals surface area contributed by atoms with Gasteiger partial charge in [-0.05, 0) is 36.5 Å². The summed E-state index contributed by atoms with van der Waals surface area (Å²) in [7, 11) is 1.36. The van der Waals surface area contributed by atoms with Crippen LogP contribution < -0.4 is 0 Å². The van der Waals surface area contributed by atoms with Crippen molar-refractivity contribution in [1.29, 1.82) is 5.26 Å². The van der Waals surface area contributed by atoms with E-state index in [1.165, 1.54) is 7.11 Å². The van der Waals surface area contributed by atoms with Crippen LogP contribution in [0.15, 0.2) is 24.3 Å². The number of nitrogens with zero attached hydrogens (tertiary/aromatic N) is 1. The molecule has 108 valence electrons. The zero-order chi connectivity index (χ0) is 15.2. The molecule has 0 aliphatic carbocycles. The monoisotopic (exact) mass is 337 g/mol. The minimum atomic E-state index is -0.511. The summed E-state index contributed by atoms with van der Waals surface area (Å²) in [6.45, 7) is 4.12. The normalized spacial score (nSPS) is 13.6. The Balaban J connectivity index is 3.15. The fourth-order valence-corrected chi connectivity index (χ4v) is 2.66. The van der Waals surface area contributed by atoms with Crippen molar-refractivity contribution in [2.75, 3.05) is 12.4 Å². The van der Waals surface area contributed by atoms with Crippen LogP contribution in [-0.4, -0.2) is 18.4 Å². The molecule has 4 heteroatoms. The molecule has 0 aromatic heterocycles. The predicted molar refractivity (Wildman–Crippen MR) is 82.9 cm³/mol. The van der Waals surface area contributed by atoms with Crippen LogP contribution in [0.2, 0.25) is 0 Å². The van der Waals surface area contributed by atoms with Crippen LogP contribution in [0.4, 0.5) is 0 Å². The van der Waals surface area contributed by atoms with Crippen molar-refractivity contribution < 1.29 is 9.53 Å². The first-order valence-electron chi connectivity index (χ1n) is 6.68. The van der Waals surface area contributed by atoms with Gasteiger partial charge in [0.1, 0.15) is 0 Å². The first-order chi connectivity index (χ1) is 9.51. The van der Waals surface area contributed by atoms with Gasteiger partial charge in [0.15, 0.2) is 0 Å². The molecule has 0 saturated heterocycles. The number of methoxy groups -OCH3 is 1. The van der Waals surface area contributed by atoms with Crippen LogP contribution >= 0.6 is 15.9 Å². The van der Waals surface area contributed by atoms with Gasteiger partial charge < -0.3 is 4.74 Å². The van der Waals surface area contributed by atoms with E-state index in [0.29, 0.717) is 5.56 Å². The lowest BCUT2D eigenvalue weighted by Crippen LogP contribution is -2.31. The fourth-order valence-electron chi connectivity index (χ4n) is 2.38. The molecule has 0 saturated carbocycles. The van der Waals surface area contributed by atoms with Gasteiger partial charge in [0.2, 0.25) is 0 Å². The summed E-state index contributed by atoms with van der Waals surface area (Å²) in [5, 5.41) is 10.6. The van der Waals surface area contributed by atoms with E-state index >= 15 is 0 Å². The third-order valence-corrected chi connectivity index (χ3v) is 4.27. The van der Waals surface area contributed by atoms with Gasteiger partial charge in [-0.2, -0.15) is 5.26 Å². The number of alkyl halides is 1. The summed E-state index contributed by atoms with van der Waals surface area (Å²) in [5.74, 6) is -0.153. The molecule has 0 radical (unpaired) electrons. The molecule has 0 N–H and O–H groups in total. The van der Waals surface area contributed by atoms with Gasteiger partial charge >= 0.3 is 5.97 Å². The number of ether oxygens (including phenoxy) is 1. The van der Waals surface area contributed by atoms with E-state index < -0.39 is 5.41 Å². The molecule has 1 rings (SSSR count). The second-order valence-corrected chi connectivity index (χ2v) is 5.89. The van der Waals surface area contributed by atoms with E-state index in [4.69, 9.17) is 4.74 Å². The predicted octanol–water partition coefficient (Wildman–Crippen LogP) is 4.07. The van der Waals surface area contributed by atoms with E-state index in [2.05, 4.69) is 35.8 Å². The molecule has 1 atom stereocenters. The second kappa shape index (κ2) is 7.44. The van der Waals surface area contributed by atoms with Crippen molar-refractivity contribution in [3.8, 4) is 6.07 Å². The zero-order valence-corrected chi connectivity index (χ0v) is 13.7. The Morgan fingerprint density at radius 2 is 2.00 bits per heavy atom. The largest absolute Gasteiger partial charge is 0.465 e. The maximum absolute atomic E-state index is 11.5. The van der Waals surface area contributed by atoms with E-state index in [-0.39, 0.29) is 11.9 Å². The van der Waals surface area contributed by atoms with Crippen molar-refractivity contribution >= 4 is 21.9 Å². The highest BCUT2D eigenvalue weighted by Gasteiger charge is 2.35.